The van der Waals surface area contributed by atoms with Gasteiger partial charge in [-0.3, -0.25) is 0 Å². The SMILES string of the molecule is [C-]#[N+]c1c(-c2c[nH]c3c(F)cc(F)cc23)nc(NC2C3CCC(CC3)C2C)c(F)c1-c1ccccc1C#N. The highest BCUT2D eigenvalue weighted by atomic mass is 19.1. The number of H-pyrrole nitrogens is 1. The number of nitrogens with one attached hydrogen (secondary N) is 2. The summed E-state index contributed by atoms with van der Waals surface area (Å²) in [5.41, 5.74) is 0.734. The van der Waals surface area contributed by atoms with Crippen LogP contribution in [0.25, 0.3) is 38.1 Å². The van der Waals surface area contributed by atoms with Crippen molar-refractivity contribution in [1.82, 2.24) is 9.97 Å². The Morgan fingerprint density at radius 3 is 2.53 bits per heavy atom. The van der Waals surface area contributed by atoms with E-state index < -0.39 is 17.5 Å². The summed E-state index contributed by atoms with van der Waals surface area (Å²) in [7, 11) is 0. The molecule has 5 nitrogen and oxygen atoms in total. The minimum absolute atomic E-state index is 0.00746. The number of nitriles is 1. The predicted molar refractivity (Wildman–Crippen MR) is 140 cm³/mol. The van der Waals surface area contributed by atoms with Crippen LogP contribution >= 0.6 is 0 Å². The molecule has 0 radical (unpaired) electrons. The van der Waals surface area contributed by atoms with Gasteiger partial charge < -0.3 is 10.3 Å². The Bertz CT molecular complexity index is 1650. The molecule has 190 valence electrons. The fourth-order valence-electron chi connectivity index (χ4n) is 6.50. The number of benzene rings is 2. The van der Waals surface area contributed by atoms with Gasteiger partial charge in [-0.05, 0) is 61.1 Å². The summed E-state index contributed by atoms with van der Waals surface area (Å²) in [6, 6.07) is 10.5. The lowest BCUT2D eigenvalue weighted by atomic mass is 9.62. The van der Waals surface area contributed by atoms with Crippen LogP contribution in [0.2, 0.25) is 0 Å². The minimum Gasteiger partial charge on any atom is -0.364 e. The van der Waals surface area contributed by atoms with E-state index in [2.05, 4.69) is 33.1 Å². The standard InChI is InChI=1S/C30H24F3N5/c1-15-16-7-9-17(10-8-16)26(15)37-30-25(33)24(20-6-4-3-5-18(20)13-34)29(35-2)28(38-30)22-14-36-27-21(22)11-19(31)12-23(27)32/h3-6,11-12,14-17,26,36H,7-10H2,1H3,(H,37,38). The molecular weight excluding hydrogens is 487 g/mol. The number of hydrogen-bond acceptors (Lipinski definition) is 3. The second kappa shape index (κ2) is 9.22. The molecule has 7 rings (SSSR count). The quantitative estimate of drug-likeness (QED) is 0.273. The maximum atomic E-state index is 16.4. The third-order valence-electron chi connectivity index (χ3n) is 8.44. The third-order valence-corrected chi connectivity index (χ3v) is 8.44. The maximum Gasteiger partial charge on any atom is 0.223 e. The molecule has 2 heterocycles. The summed E-state index contributed by atoms with van der Waals surface area (Å²) in [6.07, 6.45) is 5.90. The van der Waals surface area contributed by atoms with E-state index >= 15 is 4.39 Å². The lowest BCUT2D eigenvalue weighted by Gasteiger charge is -2.47. The Morgan fingerprint density at radius 1 is 1.08 bits per heavy atom. The fourth-order valence-corrected chi connectivity index (χ4v) is 6.50. The van der Waals surface area contributed by atoms with Crippen LogP contribution in [0, 0.1) is 53.1 Å². The Labute approximate surface area is 218 Å². The largest absolute Gasteiger partial charge is 0.364 e. The van der Waals surface area contributed by atoms with Crippen molar-refractivity contribution in [1.29, 1.82) is 5.26 Å². The molecule has 0 amide bonds. The summed E-state index contributed by atoms with van der Waals surface area (Å²) in [6.45, 7) is 10.2. The number of pyridine rings is 1. The second-order valence-electron chi connectivity index (χ2n) is 10.3. The molecule has 0 saturated heterocycles. The van der Waals surface area contributed by atoms with Crippen molar-refractivity contribution in [2.75, 3.05) is 5.32 Å². The van der Waals surface area contributed by atoms with Crippen LogP contribution in [0.3, 0.4) is 0 Å². The maximum absolute atomic E-state index is 16.4. The van der Waals surface area contributed by atoms with Gasteiger partial charge in [-0.15, -0.1) is 0 Å². The zero-order valence-electron chi connectivity index (χ0n) is 20.7. The van der Waals surface area contributed by atoms with E-state index in [0.29, 0.717) is 17.8 Å². The average molecular weight is 512 g/mol. The van der Waals surface area contributed by atoms with Gasteiger partial charge in [0.25, 0.3) is 0 Å². The van der Waals surface area contributed by atoms with E-state index in [0.717, 1.165) is 31.7 Å². The number of halogens is 3. The van der Waals surface area contributed by atoms with Gasteiger partial charge in [-0.2, -0.15) is 5.26 Å². The molecule has 4 aromatic rings. The van der Waals surface area contributed by atoms with Crippen LogP contribution < -0.4 is 5.32 Å². The van der Waals surface area contributed by atoms with Gasteiger partial charge in [0.1, 0.15) is 11.6 Å². The highest BCUT2D eigenvalue weighted by Crippen LogP contribution is 2.48. The second-order valence-corrected chi connectivity index (χ2v) is 10.3. The van der Waals surface area contributed by atoms with Crippen LogP contribution in [0.5, 0.6) is 0 Å². The first-order chi connectivity index (χ1) is 18.4. The minimum atomic E-state index is -0.779. The number of anilines is 1. The van der Waals surface area contributed by atoms with Crippen molar-refractivity contribution in [2.24, 2.45) is 17.8 Å². The number of nitrogens with zero attached hydrogens (tertiary/aromatic N) is 3. The van der Waals surface area contributed by atoms with E-state index in [9.17, 15) is 14.0 Å². The van der Waals surface area contributed by atoms with E-state index in [4.69, 9.17) is 6.57 Å². The number of aromatic nitrogens is 2. The summed E-state index contributed by atoms with van der Waals surface area (Å²) in [4.78, 5) is 11.1. The normalized spacial score (nSPS) is 22.3. The van der Waals surface area contributed by atoms with Crippen molar-refractivity contribution in [3.05, 3.63) is 77.0 Å². The lowest BCUT2D eigenvalue weighted by Crippen LogP contribution is -2.47. The molecule has 2 N–H and O–H groups in total. The molecule has 3 aliphatic rings. The predicted octanol–water partition coefficient (Wildman–Crippen LogP) is 7.97. The number of hydrogen-bond donors (Lipinski definition) is 2. The summed E-state index contributed by atoms with van der Waals surface area (Å²) >= 11 is 0. The molecule has 8 heteroatoms. The van der Waals surface area contributed by atoms with Gasteiger partial charge in [0.2, 0.25) is 5.69 Å². The van der Waals surface area contributed by atoms with Gasteiger partial charge in [0.05, 0.1) is 29.4 Å². The Hall–Kier alpha value is -4.30. The first-order valence-corrected chi connectivity index (χ1v) is 12.7. The summed E-state index contributed by atoms with van der Waals surface area (Å²) in [5, 5.41) is 13.3. The molecule has 0 aliphatic heterocycles. The van der Waals surface area contributed by atoms with Crippen LogP contribution in [-0.2, 0) is 0 Å². The fraction of sp³-hybridized carbons (Fsp3) is 0.300. The molecular formula is C30H24F3N5. The van der Waals surface area contributed by atoms with Crippen LogP contribution in [-0.4, -0.2) is 16.0 Å². The zero-order valence-corrected chi connectivity index (χ0v) is 20.7. The summed E-state index contributed by atoms with van der Waals surface area (Å²) < 4.78 is 45.2. The van der Waals surface area contributed by atoms with Crippen LogP contribution in [0.1, 0.15) is 38.2 Å². The van der Waals surface area contributed by atoms with Crippen molar-refractivity contribution >= 4 is 22.4 Å². The van der Waals surface area contributed by atoms with E-state index in [1.54, 1.807) is 24.3 Å². The number of rotatable bonds is 4. The van der Waals surface area contributed by atoms with Crippen molar-refractivity contribution in [2.45, 2.75) is 38.6 Å². The monoisotopic (exact) mass is 511 g/mol. The third kappa shape index (κ3) is 3.71. The molecule has 3 fully saturated rings. The van der Waals surface area contributed by atoms with Crippen molar-refractivity contribution in [3.63, 3.8) is 0 Å². The van der Waals surface area contributed by atoms with E-state index in [1.165, 1.54) is 12.3 Å². The molecule has 38 heavy (non-hydrogen) atoms. The van der Waals surface area contributed by atoms with Gasteiger partial charge in [-0.1, -0.05) is 25.1 Å². The molecule has 3 saturated carbocycles. The summed E-state index contributed by atoms with van der Waals surface area (Å²) in [5.74, 6) is -1.04. The smallest absolute Gasteiger partial charge is 0.223 e. The molecule has 2 aromatic carbocycles. The van der Waals surface area contributed by atoms with Gasteiger partial charge in [-0.25, -0.2) is 23.0 Å². The zero-order chi connectivity index (χ0) is 26.6. The molecule has 2 bridgehead atoms. The Kier molecular flexibility index (Phi) is 5.84. The first kappa shape index (κ1) is 24.1. The molecule has 0 spiro atoms. The topological polar surface area (TPSA) is 68.9 Å². The highest BCUT2D eigenvalue weighted by Gasteiger charge is 2.42. The van der Waals surface area contributed by atoms with Gasteiger partial charge in [0, 0.05) is 34.8 Å². The number of aromatic amines is 1. The van der Waals surface area contributed by atoms with E-state index in [1.807, 2.05) is 0 Å². The molecule has 2 aromatic heterocycles. The van der Waals surface area contributed by atoms with Gasteiger partial charge >= 0.3 is 0 Å². The molecule has 3 aliphatic carbocycles. The Morgan fingerprint density at radius 2 is 1.82 bits per heavy atom. The van der Waals surface area contributed by atoms with Crippen molar-refractivity contribution in [3.8, 4) is 28.5 Å². The van der Waals surface area contributed by atoms with Crippen LogP contribution in [0.4, 0.5) is 24.7 Å². The average Bonchev–Trinajstić information content (AvgIpc) is 3.35. The Balaban J connectivity index is 1.62. The number of fused-ring (bicyclic) bond motifs is 4. The highest BCUT2D eigenvalue weighted by molar-refractivity contribution is 6.02. The first-order valence-electron chi connectivity index (χ1n) is 12.7. The molecule has 2 atom stereocenters. The van der Waals surface area contributed by atoms with Gasteiger partial charge in [0.15, 0.2) is 11.6 Å². The molecule has 2 unspecified atom stereocenters. The van der Waals surface area contributed by atoms with Crippen molar-refractivity contribution < 1.29 is 13.2 Å². The van der Waals surface area contributed by atoms with E-state index in [-0.39, 0.29) is 56.4 Å². The lowest BCUT2D eigenvalue weighted by molar-refractivity contribution is 0.0926. The van der Waals surface area contributed by atoms with Crippen LogP contribution in [0.15, 0.2) is 42.6 Å².